The zero-order valence-corrected chi connectivity index (χ0v) is 13.1. The molecule has 0 heterocycles. The van der Waals surface area contributed by atoms with E-state index in [-0.39, 0.29) is 0 Å². The van der Waals surface area contributed by atoms with Crippen LogP contribution in [0.2, 0.25) is 0 Å². The summed E-state index contributed by atoms with van der Waals surface area (Å²) in [4.78, 5) is 0. The van der Waals surface area contributed by atoms with Crippen molar-refractivity contribution in [3.8, 4) is 0 Å². The molecule has 0 rings (SSSR count). The van der Waals surface area contributed by atoms with Gasteiger partial charge in [0.05, 0.1) is 25.7 Å². The topological polar surface area (TPSA) is 18.5 Å². The summed E-state index contributed by atoms with van der Waals surface area (Å²) >= 11 is 0. The van der Waals surface area contributed by atoms with E-state index in [0.717, 1.165) is 32.5 Å². The van der Waals surface area contributed by atoms with E-state index >= 15 is 0 Å². The Hall–Kier alpha value is -0.920. The molecule has 2 nitrogen and oxygen atoms in total. The Kier molecular flexibility index (Phi) is 15.4. The van der Waals surface area contributed by atoms with Crippen molar-refractivity contribution in [3.05, 3.63) is 38.5 Å². The highest BCUT2D eigenvalue weighted by Crippen LogP contribution is 2.24. The first-order chi connectivity index (χ1) is 9.85. The number of unbranched alkanes of at least 4 members (excludes halogenated alkanes) is 4. The van der Waals surface area contributed by atoms with Crippen LogP contribution in [0.4, 0.5) is 0 Å². The predicted molar refractivity (Wildman–Crippen MR) is 87.1 cm³/mol. The molecule has 116 valence electrons. The molecule has 0 fully saturated rings. The first-order valence-corrected chi connectivity index (χ1v) is 7.93. The average molecular weight is 280 g/mol. The van der Waals surface area contributed by atoms with Crippen LogP contribution in [0.1, 0.15) is 64.2 Å². The fourth-order valence-electron chi connectivity index (χ4n) is 2.21. The van der Waals surface area contributed by atoms with Crippen LogP contribution in [0.3, 0.4) is 0 Å². The summed E-state index contributed by atoms with van der Waals surface area (Å²) in [6, 6.07) is 0. The highest BCUT2D eigenvalue weighted by atomic mass is 16.5. The zero-order valence-electron chi connectivity index (χ0n) is 13.1. The van der Waals surface area contributed by atoms with Gasteiger partial charge in [0.1, 0.15) is 0 Å². The van der Waals surface area contributed by atoms with Gasteiger partial charge in [-0.05, 0) is 50.9 Å². The maximum absolute atomic E-state index is 5.16. The average Bonchev–Trinajstić information content (AvgIpc) is 2.46. The molecule has 0 aromatic rings. The molecule has 2 radical (unpaired) electrons. The molecule has 0 aliphatic carbocycles. The van der Waals surface area contributed by atoms with Crippen LogP contribution in [-0.2, 0) is 9.47 Å². The minimum atomic E-state index is 0.794. The third kappa shape index (κ3) is 13.5. The lowest BCUT2D eigenvalue weighted by molar-refractivity contribution is 0.239. The van der Waals surface area contributed by atoms with Crippen LogP contribution in [0.15, 0.2) is 25.7 Å². The van der Waals surface area contributed by atoms with Crippen molar-refractivity contribution >= 4 is 0 Å². The number of hydrogen-bond acceptors (Lipinski definition) is 2. The molecule has 0 aromatic heterocycles. The Morgan fingerprint density at radius 1 is 0.700 bits per heavy atom. The molecule has 0 spiro atoms. The molecule has 0 atom stereocenters. The van der Waals surface area contributed by atoms with Gasteiger partial charge < -0.3 is 9.47 Å². The van der Waals surface area contributed by atoms with Crippen molar-refractivity contribution < 1.29 is 9.47 Å². The third-order valence-electron chi connectivity index (χ3n) is 3.35. The predicted octanol–water partition coefficient (Wildman–Crippen LogP) is 5.62. The second-order valence-corrected chi connectivity index (χ2v) is 5.05. The van der Waals surface area contributed by atoms with E-state index in [4.69, 9.17) is 9.47 Å². The van der Waals surface area contributed by atoms with E-state index < -0.39 is 0 Å². The summed E-state index contributed by atoms with van der Waals surface area (Å²) < 4.78 is 10.3. The Balaban J connectivity index is 3.69. The van der Waals surface area contributed by atoms with E-state index in [2.05, 4.69) is 20.1 Å². The Morgan fingerprint density at radius 3 is 1.55 bits per heavy atom. The lowest BCUT2D eigenvalue weighted by Crippen LogP contribution is -2.01. The highest BCUT2D eigenvalue weighted by molar-refractivity contribution is 4.89. The van der Waals surface area contributed by atoms with Gasteiger partial charge in [-0.25, -0.2) is 0 Å². The molecule has 0 N–H and O–H groups in total. The Labute approximate surface area is 126 Å². The molecular weight excluding hydrogens is 248 g/mol. The van der Waals surface area contributed by atoms with Gasteiger partial charge in [0.25, 0.3) is 0 Å². The minimum Gasteiger partial charge on any atom is -0.502 e. The molecule has 2 heteroatoms. The van der Waals surface area contributed by atoms with Crippen LogP contribution >= 0.6 is 0 Å². The molecule has 0 aliphatic heterocycles. The zero-order chi connectivity index (χ0) is 14.9. The Bertz CT molecular complexity index is 195. The fraction of sp³-hybridized carbons (Fsp3) is 0.667. The molecule has 0 aromatic carbocycles. The van der Waals surface area contributed by atoms with Crippen molar-refractivity contribution in [1.82, 2.24) is 0 Å². The molecule has 0 amide bonds. The number of hydrogen-bond donors (Lipinski definition) is 0. The van der Waals surface area contributed by atoms with Crippen LogP contribution in [0.25, 0.3) is 0 Å². The molecule has 0 aliphatic rings. The minimum absolute atomic E-state index is 0.794. The van der Waals surface area contributed by atoms with Crippen molar-refractivity contribution in [1.29, 1.82) is 0 Å². The lowest BCUT2D eigenvalue weighted by atomic mass is 9.91. The standard InChI is InChI=1S/C18H32O2/c1-4-7-8-13-18(14-9-11-16-19-5-2)15-10-12-17-20-6-3/h5-6H,1-4,7-17H2. The summed E-state index contributed by atoms with van der Waals surface area (Å²) in [5.41, 5.74) is 0. The molecule has 0 saturated carbocycles. The number of ether oxygens (including phenoxy) is 2. The van der Waals surface area contributed by atoms with Gasteiger partial charge in [-0.2, -0.15) is 0 Å². The van der Waals surface area contributed by atoms with E-state index in [1.165, 1.54) is 57.5 Å². The summed E-state index contributed by atoms with van der Waals surface area (Å²) in [6.45, 7) is 12.6. The second kappa shape index (κ2) is 16.1. The highest BCUT2D eigenvalue weighted by Gasteiger charge is 2.09. The first-order valence-electron chi connectivity index (χ1n) is 7.93. The van der Waals surface area contributed by atoms with Gasteiger partial charge in [-0.3, -0.25) is 0 Å². The maximum Gasteiger partial charge on any atom is 0.0873 e. The van der Waals surface area contributed by atoms with Crippen LogP contribution in [0, 0.1) is 12.8 Å². The smallest absolute Gasteiger partial charge is 0.0873 e. The molecule has 0 saturated heterocycles. The van der Waals surface area contributed by atoms with E-state index in [1.807, 2.05) is 0 Å². The maximum atomic E-state index is 5.16. The van der Waals surface area contributed by atoms with E-state index in [9.17, 15) is 0 Å². The largest absolute Gasteiger partial charge is 0.502 e. The monoisotopic (exact) mass is 280 g/mol. The van der Waals surface area contributed by atoms with Crippen LogP contribution in [-0.4, -0.2) is 13.2 Å². The molecule has 0 bridgehead atoms. The van der Waals surface area contributed by atoms with Crippen LogP contribution < -0.4 is 0 Å². The van der Waals surface area contributed by atoms with Gasteiger partial charge in [0, 0.05) is 0 Å². The normalized spacial score (nSPS) is 10.5. The quantitative estimate of drug-likeness (QED) is 0.270. The second-order valence-electron chi connectivity index (χ2n) is 5.05. The lowest BCUT2D eigenvalue weighted by Gasteiger charge is -2.16. The summed E-state index contributed by atoms with van der Waals surface area (Å²) in [5.74, 6) is 1.70. The third-order valence-corrected chi connectivity index (χ3v) is 3.35. The summed E-state index contributed by atoms with van der Waals surface area (Å²) in [5, 5.41) is 0. The molecule has 0 unspecified atom stereocenters. The summed E-state index contributed by atoms with van der Waals surface area (Å²) in [7, 11) is 0. The first kappa shape index (κ1) is 19.1. The van der Waals surface area contributed by atoms with E-state index in [0.29, 0.717) is 0 Å². The van der Waals surface area contributed by atoms with Crippen molar-refractivity contribution in [2.75, 3.05) is 13.2 Å². The molecule has 20 heavy (non-hydrogen) atoms. The molecular formula is C18H32O2. The number of rotatable bonds is 16. The van der Waals surface area contributed by atoms with Crippen LogP contribution in [0.5, 0.6) is 0 Å². The summed E-state index contributed by atoms with van der Waals surface area (Å²) in [6.07, 6.45) is 15.0. The van der Waals surface area contributed by atoms with Crippen molar-refractivity contribution in [2.24, 2.45) is 0 Å². The SMILES string of the molecule is [CH2]CCCC[C](CCCCOC=C)CCCCOC=C. The van der Waals surface area contributed by atoms with Gasteiger partial charge in [-0.1, -0.05) is 39.3 Å². The van der Waals surface area contributed by atoms with E-state index in [1.54, 1.807) is 5.92 Å². The van der Waals surface area contributed by atoms with Crippen molar-refractivity contribution in [3.63, 3.8) is 0 Å². The Morgan fingerprint density at radius 2 is 1.15 bits per heavy atom. The fourth-order valence-corrected chi connectivity index (χ4v) is 2.21. The van der Waals surface area contributed by atoms with Gasteiger partial charge in [0.2, 0.25) is 0 Å². The van der Waals surface area contributed by atoms with Gasteiger partial charge >= 0.3 is 0 Å². The van der Waals surface area contributed by atoms with Gasteiger partial charge in [-0.15, -0.1) is 0 Å². The van der Waals surface area contributed by atoms with Crippen molar-refractivity contribution in [2.45, 2.75) is 64.2 Å². The van der Waals surface area contributed by atoms with Gasteiger partial charge in [0.15, 0.2) is 0 Å².